The molecule has 178 valence electrons. The minimum atomic E-state index is -1.27. The molecule has 0 radical (unpaired) electrons. The van der Waals surface area contributed by atoms with Crippen molar-refractivity contribution < 1.29 is 18.3 Å². The summed E-state index contributed by atoms with van der Waals surface area (Å²) in [5.74, 6) is -0.331. The molecule has 6 nitrogen and oxygen atoms in total. The van der Waals surface area contributed by atoms with E-state index >= 15 is 0 Å². The Hall–Kier alpha value is -3.07. The number of aryl methyl sites for hydroxylation is 2. The first kappa shape index (κ1) is 24.1. The number of halogens is 2. The van der Waals surface area contributed by atoms with E-state index in [4.69, 9.17) is 4.74 Å². The van der Waals surface area contributed by atoms with Crippen LogP contribution in [0.5, 0.6) is 5.88 Å². The average molecular weight is 485 g/mol. The molecule has 0 fully saturated rings. The molecular formula is C25H26F2N4O2S. The molecule has 1 aromatic heterocycles. The summed E-state index contributed by atoms with van der Waals surface area (Å²) in [6.45, 7) is 9.67. The number of nitrogens with zero attached hydrogens (tertiary/aromatic N) is 4. The van der Waals surface area contributed by atoms with E-state index in [-0.39, 0.29) is 23.8 Å². The van der Waals surface area contributed by atoms with Crippen molar-refractivity contribution in [1.29, 1.82) is 0 Å². The van der Waals surface area contributed by atoms with Crippen molar-refractivity contribution in [3.8, 4) is 17.1 Å². The number of benzene rings is 2. The second-order valence-electron chi connectivity index (χ2n) is 8.68. The van der Waals surface area contributed by atoms with Crippen LogP contribution in [0.2, 0.25) is 0 Å². The fraction of sp³-hybridized carbons (Fsp3) is 0.360. The van der Waals surface area contributed by atoms with Crippen molar-refractivity contribution in [3.63, 3.8) is 0 Å². The lowest BCUT2D eigenvalue weighted by Crippen LogP contribution is -2.38. The molecule has 0 aliphatic carbocycles. The van der Waals surface area contributed by atoms with Crippen LogP contribution in [-0.4, -0.2) is 26.8 Å². The van der Waals surface area contributed by atoms with Crippen molar-refractivity contribution in [3.05, 3.63) is 58.7 Å². The van der Waals surface area contributed by atoms with Crippen molar-refractivity contribution in [1.82, 2.24) is 15.2 Å². The van der Waals surface area contributed by atoms with Gasteiger partial charge in [-0.1, -0.05) is 44.2 Å². The zero-order valence-corrected chi connectivity index (χ0v) is 20.5. The van der Waals surface area contributed by atoms with E-state index in [1.54, 1.807) is 6.92 Å². The van der Waals surface area contributed by atoms with Gasteiger partial charge in [-0.15, -0.1) is 10.2 Å². The zero-order chi connectivity index (χ0) is 24.6. The second-order valence-corrected chi connectivity index (χ2v) is 9.67. The monoisotopic (exact) mass is 484 g/mol. The summed E-state index contributed by atoms with van der Waals surface area (Å²) >= 11 is 1.43. The summed E-state index contributed by atoms with van der Waals surface area (Å²) in [5, 5.41) is 9.08. The summed E-state index contributed by atoms with van der Waals surface area (Å²) in [7, 11) is 0. The largest absolute Gasteiger partial charge is 0.447 e. The van der Waals surface area contributed by atoms with Crippen LogP contribution in [0.25, 0.3) is 11.3 Å². The first-order valence-corrected chi connectivity index (χ1v) is 12.1. The van der Waals surface area contributed by atoms with Gasteiger partial charge in [-0.25, -0.2) is 8.78 Å². The molecule has 34 heavy (non-hydrogen) atoms. The molecule has 0 bridgehead atoms. The van der Waals surface area contributed by atoms with Gasteiger partial charge in [-0.2, -0.15) is 4.98 Å². The van der Waals surface area contributed by atoms with Gasteiger partial charge in [0.1, 0.15) is 11.6 Å². The summed E-state index contributed by atoms with van der Waals surface area (Å²) in [5.41, 5.74) is 3.09. The number of fused-ring (bicyclic) bond motifs is 3. The fourth-order valence-corrected chi connectivity index (χ4v) is 4.65. The molecule has 4 rings (SSSR count). The first-order chi connectivity index (χ1) is 16.2. The Kier molecular flexibility index (Phi) is 6.84. The van der Waals surface area contributed by atoms with Crippen LogP contribution >= 0.6 is 11.8 Å². The zero-order valence-electron chi connectivity index (χ0n) is 19.7. The molecule has 1 aliphatic rings. The maximum absolute atomic E-state index is 15.0. The van der Waals surface area contributed by atoms with Gasteiger partial charge in [-0.05, 0) is 49.6 Å². The quantitative estimate of drug-likeness (QED) is 0.413. The molecule has 1 aliphatic heterocycles. The van der Waals surface area contributed by atoms with Crippen LogP contribution in [-0.2, 0) is 4.79 Å². The number of aromatic nitrogens is 3. The van der Waals surface area contributed by atoms with Crippen LogP contribution in [0.1, 0.15) is 50.1 Å². The van der Waals surface area contributed by atoms with E-state index in [9.17, 15) is 13.6 Å². The van der Waals surface area contributed by atoms with E-state index in [1.807, 2.05) is 26.0 Å². The second kappa shape index (κ2) is 9.66. The van der Waals surface area contributed by atoms with E-state index < -0.39 is 17.9 Å². The molecule has 0 saturated heterocycles. The molecule has 9 heteroatoms. The number of carbonyl (C=O) groups excluding carboxylic acids is 1. The molecule has 1 unspecified atom stereocenters. The molecule has 0 saturated carbocycles. The lowest BCUT2D eigenvalue weighted by molar-refractivity contribution is -0.120. The van der Waals surface area contributed by atoms with Crippen LogP contribution in [0.15, 0.2) is 35.5 Å². The highest BCUT2D eigenvalue weighted by Crippen LogP contribution is 2.46. The lowest BCUT2D eigenvalue weighted by Gasteiger charge is -2.32. The summed E-state index contributed by atoms with van der Waals surface area (Å²) in [4.78, 5) is 19.2. The minimum Gasteiger partial charge on any atom is -0.447 e. The van der Waals surface area contributed by atoms with E-state index in [1.165, 1.54) is 16.7 Å². The Labute approximate surface area is 201 Å². The normalized spacial score (nSPS) is 14.9. The predicted octanol–water partition coefficient (Wildman–Crippen LogP) is 6.02. The average Bonchev–Trinajstić information content (AvgIpc) is 2.93. The van der Waals surface area contributed by atoms with Crippen molar-refractivity contribution in [2.75, 3.05) is 10.7 Å². The molecule has 0 spiro atoms. The van der Waals surface area contributed by atoms with Crippen molar-refractivity contribution in [2.24, 2.45) is 5.92 Å². The molecule has 3 aromatic rings. The topological polar surface area (TPSA) is 68.2 Å². The van der Waals surface area contributed by atoms with Gasteiger partial charge >= 0.3 is 0 Å². The van der Waals surface area contributed by atoms with Gasteiger partial charge in [0.05, 0.1) is 11.3 Å². The molecule has 2 heterocycles. The van der Waals surface area contributed by atoms with E-state index in [0.717, 1.165) is 35.1 Å². The number of carbonyl (C=O) groups is 1. The highest BCUT2D eigenvalue weighted by atomic mass is 32.2. The fourth-order valence-electron chi connectivity index (χ4n) is 3.92. The smallest absolute Gasteiger partial charge is 0.247 e. The number of anilines is 1. The minimum absolute atomic E-state index is 0.101. The maximum Gasteiger partial charge on any atom is 0.247 e. The Morgan fingerprint density at radius 2 is 1.94 bits per heavy atom. The van der Waals surface area contributed by atoms with Gasteiger partial charge < -0.3 is 4.74 Å². The van der Waals surface area contributed by atoms with Crippen LogP contribution in [0.3, 0.4) is 0 Å². The standard InChI is InChI=1S/C25H26F2N4O2S/c1-6-20(32)31-22-15(5)9-14(4)10-18(22)21-23(28-25(30-29-21)34-12-13(2)3)33-24(31)17-11-16(26)7-8-19(17)27/h7-11,13,24H,6,12H2,1-5H3. The summed E-state index contributed by atoms with van der Waals surface area (Å²) in [6, 6.07) is 6.91. The van der Waals surface area contributed by atoms with Gasteiger partial charge in [-0.3, -0.25) is 9.69 Å². The predicted molar refractivity (Wildman–Crippen MR) is 128 cm³/mol. The summed E-state index contributed by atoms with van der Waals surface area (Å²) in [6.07, 6.45) is -1.14. The maximum atomic E-state index is 15.0. The highest BCUT2D eigenvalue weighted by molar-refractivity contribution is 7.99. The van der Waals surface area contributed by atoms with E-state index in [2.05, 4.69) is 29.0 Å². The molecular weight excluding hydrogens is 458 g/mol. The van der Waals surface area contributed by atoms with Crippen molar-refractivity contribution >= 4 is 23.4 Å². The third-order valence-electron chi connectivity index (χ3n) is 5.37. The van der Waals surface area contributed by atoms with Crippen molar-refractivity contribution in [2.45, 2.75) is 52.4 Å². The third-order valence-corrected chi connectivity index (χ3v) is 6.64. The van der Waals surface area contributed by atoms with Gasteiger partial charge in [0, 0.05) is 17.7 Å². The SMILES string of the molecule is CCC(=O)N1c2c(C)cc(C)cc2-c2nnc(SCC(C)C)nc2OC1c1cc(F)ccc1F. The first-order valence-electron chi connectivity index (χ1n) is 11.1. The number of amides is 1. The van der Waals surface area contributed by atoms with Crippen LogP contribution < -0.4 is 9.64 Å². The number of ether oxygens (including phenoxy) is 1. The molecule has 0 N–H and O–H groups in total. The molecule has 1 amide bonds. The Morgan fingerprint density at radius 1 is 1.18 bits per heavy atom. The lowest BCUT2D eigenvalue weighted by atomic mass is 9.99. The van der Waals surface area contributed by atoms with Gasteiger partial charge in [0.25, 0.3) is 0 Å². The Bertz CT molecular complexity index is 1250. The molecule has 2 aromatic carbocycles. The molecule has 1 atom stereocenters. The van der Waals surface area contributed by atoms with Crippen LogP contribution in [0.4, 0.5) is 14.5 Å². The third kappa shape index (κ3) is 4.61. The van der Waals surface area contributed by atoms with Gasteiger partial charge in [0.15, 0.2) is 5.69 Å². The Balaban J connectivity index is 1.99. The number of thioether (sulfide) groups is 1. The number of rotatable bonds is 5. The van der Waals surface area contributed by atoms with Crippen LogP contribution in [0, 0.1) is 31.4 Å². The van der Waals surface area contributed by atoms with Gasteiger partial charge in [0.2, 0.25) is 23.2 Å². The summed E-state index contributed by atoms with van der Waals surface area (Å²) < 4.78 is 35.4. The Morgan fingerprint density at radius 3 is 2.65 bits per heavy atom. The number of hydrogen-bond acceptors (Lipinski definition) is 6. The van der Waals surface area contributed by atoms with E-state index in [0.29, 0.717) is 28.0 Å². The highest BCUT2D eigenvalue weighted by Gasteiger charge is 2.38. The number of hydrogen-bond donors (Lipinski definition) is 0.